The Morgan fingerprint density at radius 1 is 1.60 bits per heavy atom. The number of aliphatic hydroxyl groups excluding tert-OH is 1. The summed E-state index contributed by atoms with van der Waals surface area (Å²) in [7, 11) is 0. The first-order chi connectivity index (χ1) is 7.13. The van der Waals surface area contributed by atoms with Crippen molar-refractivity contribution in [1.29, 1.82) is 0 Å². The maximum absolute atomic E-state index is 10.5. The molecule has 1 unspecified atom stereocenters. The Balaban J connectivity index is 2.53. The van der Waals surface area contributed by atoms with Gasteiger partial charge in [0.25, 0.3) is 0 Å². The Bertz CT molecular complexity index is 324. The number of carboxylic acid groups (broad SMARTS) is 1. The third-order valence-electron chi connectivity index (χ3n) is 1.95. The number of pyridine rings is 1. The molecule has 1 aromatic rings. The predicted molar refractivity (Wildman–Crippen MR) is 55.9 cm³/mol. The molecule has 1 atom stereocenters. The number of rotatable bonds is 5. The van der Waals surface area contributed by atoms with Gasteiger partial charge in [-0.15, -0.1) is 0 Å². The molecule has 5 heteroatoms. The number of aromatic nitrogens is 1. The highest BCUT2D eigenvalue weighted by Gasteiger charge is 2.03. The lowest BCUT2D eigenvalue weighted by molar-refractivity contribution is 0.0696. The largest absolute Gasteiger partial charge is 0.478 e. The predicted octanol–water partition coefficient (Wildman–Crippen LogP) is 0.820. The molecule has 0 amide bonds. The number of anilines is 1. The van der Waals surface area contributed by atoms with E-state index < -0.39 is 5.97 Å². The van der Waals surface area contributed by atoms with E-state index in [1.165, 1.54) is 12.3 Å². The molecule has 15 heavy (non-hydrogen) atoms. The summed E-state index contributed by atoms with van der Waals surface area (Å²) >= 11 is 0. The van der Waals surface area contributed by atoms with Crippen LogP contribution in [0.4, 0.5) is 5.82 Å². The Hall–Kier alpha value is -1.62. The van der Waals surface area contributed by atoms with E-state index in [0.29, 0.717) is 12.4 Å². The van der Waals surface area contributed by atoms with Gasteiger partial charge in [-0.2, -0.15) is 0 Å². The van der Waals surface area contributed by atoms with E-state index in [9.17, 15) is 4.79 Å². The first-order valence-corrected chi connectivity index (χ1v) is 4.67. The quantitative estimate of drug-likeness (QED) is 0.670. The Labute approximate surface area is 87.8 Å². The Kier molecular flexibility index (Phi) is 4.05. The van der Waals surface area contributed by atoms with Gasteiger partial charge in [-0.3, -0.25) is 0 Å². The van der Waals surface area contributed by atoms with Gasteiger partial charge in [0.15, 0.2) is 0 Å². The van der Waals surface area contributed by atoms with Crippen LogP contribution in [0.5, 0.6) is 0 Å². The minimum absolute atomic E-state index is 0.111. The fraction of sp³-hybridized carbons (Fsp3) is 0.400. The zero-order valence-corrected chi connectivity index (χ0v) is 8.47. The molecule has 0 saturated carbocycles. The van der Waals surface area contributed by atoms with Gasteiger partial charge < -0.3 is 15.5 Å². The lowest BCUT2D eigenvalue weighted by Crippen LogP contribution is -2.15. The van der Waals surface area contributed by atoms with Crippen molar-refractivity contribution in [3.8, 4) is 0 Å². The van der Waals surface area contributed by atoms with E-state index in [1.54, 1.807) is 6.07 Å². The average molecular weight is 210 g/mol. The highest BCUT2D eigenvalue weighted by atomic mass is 16.4. The molecule has 1 heterocycles. The van der Waals surface area contributed by atoms with Crippen LogP contribution in [0.2, 0.25) is 0 Å². The van der Waals surface area contributed by atoms with Gasteiger partial charge in [0.05, 0.1) is 5.56 Å². The topological polar surface area (TPSA) is 82.5 Å². The van der Waals surface area contributed by atoms with Gasteiger partial charge in [-0.05, 0) is 18.1 Å². The number of hydrogen-bond acceptors (Lipinski definition) is 4. The second kappa shape index (κ2) is 5.31. The summed E-state index contributed by atoms with van der Waals surface area (Å²) in [5.41, 5.74) is 0.163. The molecule has 1 rings (SSSR count). The second-order valence-corrected chi connectivity index (χ2v) is 3.41. The summed E-state index contributed by atoms with van der Waals surface area (Å²) in [5, 5.41) is 20.4. The lowest BCUT2D eigenvalue weighted by Gasteiger charge is -2.09. The molecule has 3 N–H and O–H groups in total. The Morgan fingerprint density at radius 3 is 2.80 bits per heavy atom. The fourth-order valence-electron chi connectivity index (χ4n) is 0.968. The van der Waals surface area contributed by atoms with Gasteiger partial charge in [-0.25, -0.2) is 9.78 Å². The molecule has 5 nitrogen and oxygen atoms in total. The summed E-state index contributed by atoms with van der Waals surface area (Å²) < 4.78 is 0. The number of aromatic carboxylic acids is 1. The standard InChI is InChI=1S/C10H14N2O3/c1-7(6-13)4-11-9-3-2-8(5-12-9)10(14)15/h2-3,5,7,13H,4,6H2,1H3,(H,11,12)(H,14,15). The van der Waals surface area contributed by atoms with E-state index in [1.807, 2.05) is 6.92 Å². The van der Waals surface area contributed by atoms with E-state index >= 15 is 0 Å². The van der Waals surface area contributed by atoms with Gasteiger partial charge >= 0.3 is 5.97 Å². The van der Waals surface area contributed by atoms with Crippen LogP contribution in [0, 0.1) is 5.92 Å². The zero-order valence-electron chi connectivity index (χ0n) is 8.47. The molecule has 0 saturated heterocycles. The summed E-state index contributed by atoms with van der Waals surface area (Å²) in [6.45, 7) is 2.62. The molecule has 0 aliphatic heterocycles. The van der Waals surface area contributed by atoms with Gasteiger partial charge in [-0.1, -0.05) is 6.92 Å². The summed E-state index contributed by atoms with van der Waals surface area (Å²) in [5.74, 6) is -0.232. The normalized spacial score (nSPS) is 12.1. The van der Waals surface area contributed by atoms with Crippen LogP contribution in [-0.4, -0.2) is 34.3 Å². The summed E-state index contributed by atoms with van der Waals surface area (Å²) in [6, 6.07) is 3.09. The number of aliphatic hydroxyl groups is 1. The lowest BCUT2D eigenvalue weighted by atomic mass is 10.2. The summed E-state index contributed by atoms with van der Waals surface area (Å²) in [4.78, 5) is 14.5. The molecular formula is C10H14N2O3. The van der Waals surface area contributed by atoms with Crippen LogP contribution in [0.1, 0.15) is 17.3 Å². The van der Waals surface area contributed by atoms with Crippen LogP contribution in [0.15, 0.2) is 18.3 Å². The van der Waals surface area contributed by atoms with Crippen molar-refractivity contribution in [2.45, 2.75) is 6.92 Å². The highest BCUT2D eigenvalue weighted by Crippen LogP contribution is 2.05. The first-order valence-electron chi connectivity index (χ1n) is 4.67. The minimum atomic E-state index is -0.988. The van der Waals surface area contributed by atoms with Crippen molar-refractivity contribution in [3.05, 3.63) is 23.9 Å². The van der Waals surface area contributed by atoms with Crippen molar-refractivity contribution in [2.75, 3.05) is 18.5 Å². The minimum Gasteiger partial charge on any atom is -0.478 e. The maximum Gasteiger partial charge on any atom is 0.337 e. The molecule has 0 radical (unpaired) electrons. The number of carbonyl (C=O) groups is 1. The molecule has 0 spiro atoms. The monoisotopic (exact) mass is 210 g/mol. The molecule has 0 fully saturated rings. The van der Waals surface area contributed by atoms with Crippen molar-refractivity contribution in [2.24, 2.45) is 5.92 Å². The van der Waals surface area contributed by atoms with Crippen LogP contribution < -0.4 is 5.32 Å². The maximum atomic E-state index is 10.5. The average Bonchev–Trinajstić information content (AvgIpc) is 2.26. The molecule has 0 bridgehead atoms. The van der Waals surface area contributed by atoms with Crippen LogP contribution in [0.3, 0.4) is 0 Å². The van der Waals surface area contributed by atoms with Crippen LogP contribution in [0.25, 0.3) is 0 Å². The van der Waals surface area contributed by atoms with Gasteiger partial charge in [0.2, 0.25) is 0 Å². The van der Waals surface area contributed by atoms with Crippen molar-refractivity contribution in [1.82, 2.24) is 4.98 Å². The first kappa shape index (κ1) is 11.5. The number of nitrogens with zero attached hydrogens (tertiary/aromatic N) is 1. The number of carboxylic acids is 1. The molecule has 0 aliphatic rings. The van der Waals surface area contributed by atoms with E-state index in [4.69, 9.17) is 10.2 Å². The highest BCUT2D eigenvalue weighted by molar-refractivity contribution is 5.87. The third-order valence-corrected chi connectivity index (χ3v) is 1.95. The molecular weight excluding hydrogens is 196 g/mol. The molecule has 82 valence electrons. The zero-order chi connectivity index (χ0) is 11.3. The number of hydrogen-bond donors (Lipinski definition) is 3. The van der Waals surface area contributed by atoms with Crippen LogP contribution in [-0.2, 0) is 0 Å². The summed E-state index contributed by atoms with van der Waals surface area (Å²) in [6.07, 6.45) is 1.30. The van der Waals surface area contributed by atoms with E-state index in [-0.39, 0.29) is 18.1 Å². The van der Waals surface area contributed by atoms with Gasteiger partial charge in [0, 0.05) is 19.3 Å². The second-order valence-electron chi connectivity index (χ2n) is 3.41. The molecule has 0 aromatic carbocycles. The molecule has 0 aliphatic carbocycles. The molecule has 1 aromatic heterocycles. The SMILES string of the molecule is CC(CO)CNc1ccc(C(=O)O)cn1. The van der Waals surface area contributed by atoms with Gasteiger partial charge in [0.1, 0.15) is 5.82 Å². The van der Waals surface area contributed by atoms with Crippen molar-refractivity contribution in [3.63, 3.8) is 0 Å². The van der Waals surface area contributed by atoms with Crippen LogP contribution >= 0.6 is 0 Å². The van der Waals surface area contributed by atoms with Crippen molar-refractivity contribution < 1.29 is 15.0 Å². The smallest absolute Gasteiger partial charge is 0.337 e. The van der Waals surface area contributed by atoms with E-state index in [2.05, 4.69) is 10.3 Å². The number of nitrogens with one attached hydrogen (secondary N) is 1. The van der Waals surface area contributed by atoms with Crippen molar-refractivity contribution >= 4 is 11.8 Å². The third kappa shape index (κ3) is 3.55. The fourth-order valence-corrected chi connectivity index (χ4v) is 0.968. The Morgan fingerprint density at radius 2 is 2.33 bits per heavy atom. The van der Waals surface area contributed by atoms with E-state index in [0.717, 1.165) is 0 Å².